The Bertz CT molecular complexity index is 932. The first kappa shape index (κ1) is 16.2. The summed E-state index contributed by atoms with van der Waals surface area (Å²) in [6.07, 6.45) is 0. The summed E-state index contributed by atoms with van der Waals surface area (Å²) in [7, 11) is 0. The van der Waals surface area contributed by atoms with Crippen molar-refractivity contribution in [3.63, 3.8) is 0 Å². The van der Waals surface area contributed by atoms with Crippen LogP contribution in [0.4, 0.5) is 5.69 Å². The standard InChI is InChI=1S/C15H10ClN5O3S/c16-9-2-1-8(5-10(9)21(22)23)11-13(6-17)12(19)20-15(14(11,13)7-18)24-3-4-25-15/h1-2,5,11H,3-4H2,(H2,19,20)/p+1/t11-,13-,14-,15-/m1/s1. The fraction of sp³-hybridized carbons (Fsp3) is 0.400. The zero-order chi connectivity index (χ0) is 18.0. The number of nitriles is 2. The molecule has 25 heavy (non-hydrogen) atoms. The van der Waals surface area contributed by atoms with Crippen molar-refractivity contribution in [2.24, 2.45) is 16.6 Å². The molecule has 126 valence electrons. The predicted molar refractivity (Wildman–Crippen MR) is 88.2 cm³/mol. The molecule has 4 rings (SSSR count). The number of nitrogens with zero attached hydrogens (tertiary/aromatic N) is 3. The van der Waals surface area contributed by atoms with Gasteiger partial charge in [0, 0.05) is 17.7 Å². The Morgan fingerprint density at radius 3 is 2.80 bits per heavy atom. The molecule has 1 aromatic rings. The van der Waals surface area contributed by atoms with Crippen molar-refractivity contribution >= 4 is 34.9 Å². The van der Waals surface area contributed by atoms with E-state index < -0.39 is 26.7 Å². The Morgan fingerprint density at radius 2 is 2.24 bits per heavy atom. The molecule has 2 fully saturated rings. The first-order valence-corrected chi connectivity index (χ1v) is 8.72. The van der Waals surface area contributed by atoms with E-state index in [-0.39, 0.29) is 16.5 Å². The van der Waals surface area contributed by atoms with E-state index in [0.717, 1.165) is 0 Å². The number of fused-ring (bicyclic) bond motifs is 2. The third kappa shape index (κ3) is 1.59. The maximum atomic E-state index is 11.2. The number of hydrogen-bond acceptors (Lipinski definition) is 7. The highest BCUT2D eigenvalue weighted by Crippen LogP contribution is 2.80. The average Bonchev–Trinajstić information content (AvgIpc) is 2.83. The minimum Gasteiger partial charge on any atom is -0.327 e. The van der Waals surface area contributed by atoms with Gasteiger partial charge in [0.1, 0.15) is 5.02 Å². The smallest absolute Gasteiger partial charge is 0.288 e. The third-order valence-corrected chi connectivity index (χ3v) is 6.83. The molecule has 0 amide bonds. The molecule has 0 radical (unpaired) electrons. The summed E-state index contributed by atoms with van der Waals surface area (Å²) in [6.45, 7) is 0.420. The van der Waals surface area contributed by atoms with E-state index in [4.69, 9.17) is 22.1 Å². The van der Waals surface area contributed by atoms with Crippen molar-refractivity contribution in [1.82, 2.24) is 0 Å². The predicted octanol–water partition coefficient (Wildman–Crippen LogP) is 0.234. The molecular formula is C15H11ClN5O3S+. The van der Waals surface area contributed by atoms with Gasteiger partial charge in [-0.1, -0.05) is 29.4 Å². The van der Waals surface area contributed by atoms with Crippen LogP contribution in [0.1, 0.15) is 11.5 Å². The van der Waals surface area contributed by atoms with Crippen LogP contribution in [0.15, 0.2) is 18.2 Å². The van der Waals surface area contributed by atoms with Crippen LogP contribution in [0.3, 0.4) is 0 Å². The number of nitrogens with two attached hydrogens (primary N) is 1. The van der Waals surface area contributed by atoms with Crippen LogP contribution >= 0.6 is 23.4 Å². The summed E-state index contributed by atoms with van der Waals surface area (Å²) in [6, 6.07) is 8.73. The summed E-state index contributed by atoms with van der Waals surface area (Å²) in [4.78, 5) is 13.6. The molecule has 3 aliphatic rings. The van der Waals surface area contributed by atoms with Gasteiger partial charge in [-0.25, -0.2) is 4.99 Å². The largest absolute Gasteiger partial charge is 0.327 e. The molecule has 0 bridgehead atoms. The fourth-order valence-electron chi connectivity index (χ4n) is 4.17. The molecule has 1 aromatic carbocycles. The molecule has 1 spiro atoms. The van der Waals surface area contributed by atoms with Gasteiger partial charge in [-0.05, 0) is 11.6 Å². The number of thioether (sulfide) groups is 1. The number of hydrogen-bond donors (Lipinski definition) is 2. The van der Waals surface area contributed by atoms with Crippen LogP contribution in [-0.4, -0.2) is 28.2 Å². The molecule has 10 heteroatoms. The number of benzene rings is 1. The molecule has 1 saturated heterocycles. The summed E-state index contributed by atoms with van der Waals surface area (Å²) in [5.74, 6) is 0.171. The van der Waals surface area contributed by atoms with Gasteiger partial charge in [0.25, 0.3) is 16.6 Å². The number of nitro benzene ring substituents is 1. The Hall–Kier alpha value is -2.33. The zero-order valence-electron chi connectivity index (χ0n) is 12.7. The molecule has 1 aliphatic carbocycles. The normalized spacial score (nSPS) is 37.9. The Labute approximate surface area is 151 Å². The monoisotopic (exact) mass is 376 g/mol. The number of ether oxygens (including phenoxy) is 1. The van der Waals surface area contributed by atoms with E-state index in [0.29, 0.717) is 17.9 Å². The van der Waals surface area contributed by atoms with Gasteiger partial charge in [-0.15, -0.1) is 0 Å². The van der Waals surface area contributed by atoms with Gasteiger partial charge >= 0.3 is 0 Å². The van der Waals surface area contributed by atoms with Gasteiger partial charge in [-0.3, -0.25) is 15.8 Å². The van der Waals surface area contributed by atoms with Gasteiger partial charge in [-0.2, -0.15) is 10.5 Å². The first-order chi connectivity index (χ1) is 11.9. The SMILES string of the molecule is N#C[C@@]12[C@H](c3ccc(Cl)c([N+](=O)[O-])c3)[C@]1(C#N)C(N)=[NH+][C@@]21OCCS1. The lowest BCUT2D eigenvalue weighted by Crippen LogP contribution is -2.88. The molecule has 2 heterocycles. The quantitative estimate of drug-likeness (QED) is 0.556. The van der Waals surface area contributed by atoms with Crippen molar-refractivity contribution in [1.29, 1.82) is 10.5 Å². The van der Waals surface area contributed by atoms with Crippen LogP contribution in [0.2, 0.25) is 5.02 Å². The van der Waals surface area contributed by atoms with Crippen molar-refractivity contribution in [2.45, 2.75) is 11.0 Å². The molecule has 4 atom stereocenters. The lowest BCUT2D eigenvalue weighted by atomic mass is 9.95. The molecule has 0 aromatic heterocycles. The Morgan fingerprint density at radius 1 is 1.48 bits per heavy atom. The van der Waals surface area contributed by atoms with Crippen LogP contribution in [0, 0.1) is 43.6 Å². The number of amidine groups is 1. The van der Waals surface area contributed by atoms with Crippen LogP contribution in [-0.2, 0) is 4.74 Å². The number of nitrogens with one attached hydrogen (secondary N) is 1. The second-order valence-electron chi connectivity index (χ2n) is 6.09. The summed E-state index contributed by atoms with van der Waals surface area (Å²) < 4.78 is 5.82. The van der Waals surface area contributed by atoms with E-state index in [1.54, 1.807) is 6.07 Å². The number of nitro groups is 1. The minimum atomic E-state index is -1.30. The van der Waals surface area contributed by atoms with E-state index in [9.17, 15) is 20.6 Å². The summed E-state index contributed by atoms with van der Waals surface area (Å²) in [5.41, 5.74) is 3.75. The third-order valence-electron chi connectivity index (χ3n) is 5.19. The van der Waals surface area contributed by atoms with Crippen LogP contribution < -0.4 is 10.7 Å². The highest BCUT2D eigenvalue weighted by Gasteiger charge is 2.96. The van der Waals surface area contributed by atoms with Crippen molar-refractivity contribution < 1.29 is 14.7 Å². The molecule has 1 saturated carbocycles. The van der Waals surface area contributed by atoms with Gasteiger partial charge in [0.05, 0.1) is 23.7 Å². The number of rotatable bonds is 2. The van der Waals surface area contributed by atoms with Crippen molar-refractivity contribution in [3.8, 4) is 12.1 Å². The van der Waals surface area contributed by atoms with Crippen LogP contribution in [0.25, 0.3) is 0 Å². The van der Waals surface area contributed by atoms with Crippen molar-refractivity contribution in [2.75, 3.05) is 12.4 Å². The highest BCUT2D eigenvalue weighted by molar-refractivity contribution is 8.00. The second-order valence-corrected chi connectivity index (χ2v) is 7.77. The van der Waals surface area contributed by atoms with E-state index in [1.165, 1.54) is 23.9 Å². The fourth-order valence-corrected chi connectivity index (χ4v) is 5.71. The molecule has 3 N–H and O–H groups in total. The lowest BCUT2D eigenvalue weighted by Gasteiger charge is -2.23. The molecule has 2 aliphatic heterocycles. The Balaban J connectivity index is 1.92. The van der Waals surface area contributed by atoms with Gasteiger partial charge in [0.15, 0.2) is 10.8 Å². The number of halogens is 1. The van der Waals surface area contributed by atoms with Crippen LogP contribution in [0.5, 0.6) is 0 Å². The lowest BCUT2D eigenvalue weighted by molar-refractivity contribution is -0.583. The van der Waals surface area contributed by atoms with E-state index >= 15 is 0 Å². The average molecular weight is 377 g/mol. The van der Waals surface area contributed by atoms with Gasteiger partial charge in [0.2, 0.25) is 0 Å². The van der Waals surface area contributed by atoms with E-state index in [1.807, 2.05) is 0 Å². The van der Waals surface area contributed by atoms with Gasteiger partial charge < -0.3 is 4.74 Å². The highest BCUT2D eigenvalue weighted by atomic mass is 35.5. The summed E-state index contributed by atoms with van der Waals surface area (Å²) >= 11 is 7.27. The maximum absolute atomic E-state index is 11.2. The molecule has 0 unspecified atom stereocenters. The molecule has 8 nitrogen and oxygen atoms in total. The van der Waals surface area contributed by atoms with E-state index in [2.05, 4.69) is 17.1 Å². The Kier molecular flexibility index (Phi) is 3.14. The minimum absolute atomic E-state index is 0.00661. The zero-order valence-corrected chi connectivity index (χ0v) is 14.2. The summed E-state index contributed by atoms with van der Waals surface area (Å²) in [5, 5.41) is 29.9. The molecular weight excluding hydrogens is 366 g/mol. The second kappa shape index (κ2) is 4.85. The topological polar surface area (TPSA) is 140 Å². The maximum Gasteiger partial charge on any atom is 0.288 e. The first-order valence-electron chi connectivity index (χ1n) is 7.35. The van der Waals surface area contributed by atoms with Crippen molar-refractivity contribution in [3.05, 3.63) is 38.9 Å².